The number of Topliss-reactive ketones (excluding diaryl/α,β-unsaturated/α-hetero) is 1. The van der Waals surface area contributed by atoms with Gasteiger partial charge in [-0.2, -0.15) is 0 Å². The summed E-state index contributed by atoms with van der Waals surface area (Å²) in [6.45, 7) is 10.5. The number of ketones is 1. The Bertz CT molecular complexity index is 360. The SMILES string of the molecule is C=CCCC(=O)C1=C(C)CC2C(C1)C2(C)C. The lowest BCUT2D eigenvalue weighted by Crippen LogP contribution is -2.10. The molecule has 0 aromatic heterocycles. The van der Waals surface area contributed by atoms with Crippen molar-refractivity contribution < 1.29 is 4.79 Å². The van der Waals surface area contributed by atoms with Crippen LogP contribution in [0.2, 0.25) is 0 Å². The first-order valence-electron chi connectivity index (χ1n) is 6.31. The van der Waals surface area contributed by atoms with Crippen molar-refractivity contribution in [1.82, 2.24) is 0 Å². The average Bonchev–Trinajstić information content (AvgIpc) is 2.76. The molecule has 2 rings (SSSR count). The van der Waals surface area contributed by atoms with Gasteiger partial charge in [-0.25, -0.2) is 0 Å². The van der Waals surface area contributed by atoms with E-state index in [1.165, 1.54) is 5.57 Å². The van der Waals surface area contributed by atoms with Crippen LogP contribution in [0, 0.1) is 17.3 Å². The Balaban J connectivity index is 2.05. The smallest absolute Gasteiger partial charge is 0.159 e. The van der Waals surface area contributed by atoms with Gasteiger partial charge in [0, 0.05) is 6.42 Å². The topological polar surface area (TPSA) is 17.1 Å². The highest BCUT2D eigenvalue weighted by Crippen LogP contribution is 2.65. The van der Waals surface area contributed by atoms with Gasteiger partial charge in [-0.3, -0.25) is 4.79 Å². The molecule has 2 aliphatic rings. The van der Waals surface area contributed by atoms with Gasteiger partial charge >= 0.3 is 0 Å². The summed E-state index contributed by atoms with van der Waals surface area (Å²) in [5.74, 6) is 1.96. The van der Waals surface area contributed by atoms with E-state index < -0.39 is 0 Å². The van der Waals surface area contributed by atoms with Crippen LogP contribution in [0.25, 0.3) is 0 Å². The molecule has 88 valence electrons. The van der Waals surface area contributed by atoms with E-state index in [2.05, 4.69) is 27.4 Å². The van der Waals surface area contributed by atoms with Gasteiger partial charge in [-0.05, 0) is 49.0 Å². The fourth-order valence-corrected chi connectivity index (χ4v) is 3.25. The molecule has 16 heavy (non-hydrogen) atoms. The molecule has 0 aromatic carbocycles. The van der Waals surface area contributed by atoms with Crippen LogP contribution >= 0.6 is 0 Å². The molecule has 0 radical (unpaired) electrons. The second kappa shape index (κ2) is 3.87. The largest absolute Gasteiger partial charge is 0.295 e. The molecule has 0 N–H and O–H groups in total. The Hall–Kier alpha value is -0.850. The molecule has 2 unspecified atom stereocenters. The predicted molar refractivity (Wildman–Crippen MR) is 67.1 cm³/mol. The zero-order chi connectivity index (χ0) is 11.9. The molecule has 0 saturated heterocycles. The van der Waals surface area contributed by atoms with Gasteiger partial charge in [0.05, 0.1) is 0 Å². The van der Waals surface area contributed by atoms with E-state index in [0.717, 1.165) is 36.7 Å². The van der Waals surface area contributed by atoms with Crippen molar-refractivity contribution in [2.24, 2.45) is 17.3 Å². The maximum absolute atomic E-state index is 12.0. The van der Waals surface area contributed by atoms with Gasteiger partial charge in [0.25, 0.3) is 0 Å². The summed E-state index contributed by atoms with van der Waals surface area (Å²) in [5.41, 5.74) is 2.96. The summed E-state index contributed by atoms with van der Waals surface area (Å²) in [4.78, 5) is 12.0. The lowest BCUT2D eigenvalue weighted by atomic mass is 9.89. The molecule has 1 nitrogen and oxygen atoms in total. The van der Waals surface area contributed by atoms with Crippen molar-refractivity contribution in [3.63, 3.8) is 0 Å². The summed E-state index contributed by atoms with van der Waals surface area (Å²) in [6, 6.07) is 0. The number of hydrogen-bond acceptors (Lipinski definition) is 1. The third kappa shape index (κ3) is 1.77. The standard InChI is InChI=1S/C15H22O/c1-5-6-7-14(16)11-9-13-12(8-10(11)2)15(13,3)4/h5,12-13H,1,6-9H2,2-4H3. The molecule has 2 aliphatic carbocycles. The minimum Gasteiger partial charge on any atom is -0.295 e. The van der Waals surface area contributed by atoms with E-state index >= 15 is 0 Å². The maximum atomic E-state index is 12.0. The Morgan fingerprint density at radius 3 is 2.69 bits per heavy atom. The molecule has 0 heterocycles. The quantitative estimate of drug-likeness (QED) is 0.654. The minimum atomic E-state index is 0.360. The lowest BCUT2D eigenvalue weighted by molar-refractivity contribution is -0.115. The van der Waals surface area contributed by atoms with Crippen LogP contribution in [0.3, 0.4) is 0 Å². The second-order valence-corrected chi connectivity index (χ2v) is 5.95. The number of fused-ring (bicyclic) bond motifs is 1. The van der Waals surface area contributed by atoms with Gasteiger partial charge in [0.1, 0.15) is 0 Å². The van der Waals surface area contributed by atoms with Crippen molar-refractivity contribution in [1.29, 1.82) is 0 Å². The Morgan fingerprint density at radius 2 is 2.06 bits per heavy atom. The number of carbonyl (C=O) groups is 1. The molecule has 0 aliphatic heterocycles. The molecule has 1 fully saturated rings. The molecule has 2 atom stereocenters. The fourth-order valence-electron chi connectivity index (χ4n) is 3.25. The Kier molecular flexibility index (Phi) is 2.81. The highest BCUT2D eigenvalue weighted by Gasteiger charge is 2.58. The molecular formula is C15H22O. The first-order valence-corrected chi connectivity index (χ1v) is 6.31. The highest BCUT2D eigenvalue weighted by molar-refractivity contribution is 5.96. The van der Waals surface area contributed by atoms with E-state index in [1.807, 2.05) is 6.08 Å². The molecule has 1 heteroatoms. The molecule has 0 bridgehead atoms. The van der Waals surface area contributed by atoms with E-state index in [-0.39, 0.29) is 0 Å². The average molecular weight is 218 g/mol. The lowest BCUT2D eigenvalue weighted by Gasteiger charge is -2.15. The van der Waals surface area contributed by atoms with Crippen LogP contribution in [-0.2, 0) is 4.79 Å². The third-order valence-electron chi connectivity index (χ3n) is 4.67. The van der Waals surface area contributed by atoms with E-state index in [0.29, 0.717) is 17.6 Å². The second-order valence-electron chi connectivity index (χ2n) is 5.95. The van der Waals surface area contributed by atoms with E-state index in [1.54, 1.807) is 0 Å². The van der Waals surface area contributed by atoms with E-state index in [4.69, 9.17) is 0 Å². The van der Waals surface area contributed by atoms with Gasteiger partial charge in [0.2, 0.25) is 0 Å². The van der Waals surface area contributed by atoms with Crippen molar-refractivity contribution in [3.8, 4) is 0 Å². The summed E-state index contributed by atoms with van der Waals surface area (Å²) in [6.07, 6.45) is 5.47. The van der Waals surface area contributed by atoms with Crippen molar-refractivity contribution in [2.75, 3.05) is 0 Å². The molecule has 1 saturated carbocycles. The number of rotatable bonds is 4. The number of allylic oxidation sites excluding steroid dienone is 3. The first kappa shape index (κ1) is 11.6. The summed E-state index contributed by atoms with van der Waals surface area (Å²) in [5, 5.41) is 0. The zero-order valence-corrected chi connectivity index (χ0v) is 10.7. The van der Waals surface area contributed by atoms with Gasteiger partial charge in [-0.15, -0.1) is 6.58 Å². The normalized spacial score (nSPS) is 30.9. The zero-order valence-electron chi connectivity index (χ0n) is 10.7. The number of hydrogen-bond donors (Lipinski definition) is 0. The molecule has 0 spiro atoms. The van der Waals surface area contributed by atoms with Gasteiger partial charge in [-0.1, -0.05) is 25.5 Å². The first-order chi connectivity index (χ1) is 7.48. The highest BCUT2D eigenvalue weighted by atomic mass is 16.1. The van der Waals surface area contributed by atoms with Crippen LogP contribution < -0.4 is 0 Å². The third-order valence-corrected chi connectivity index (χ3v) is 4.67. The molecule has 0 amide bonds. The van der Waals surface area contributed by atoms with Crippen LogP contribution in [0.15, 0.2) is 23.8 Å². The van der Waals surface area contributed by atoms with Crippen LogP contribution in [0.4, 0.5) is 0 Å². The Labute approximate surface area is 98.6 Å². The van der Waals surface area contributed by atoms with Gasteiger partial charge in [0.15, 0.2) is 5.78 Å². The van der Waals surface area contributed by atoms with Crippen LogP contribution in [0.1, 0.15) is 46.5 Å². The summed E-state index contributed by atoms with van der Waals surface area (Å²) in [7, 11) is 0. The number of carbonyl (C=O) groups excluding carboxylic acids is 1. The van der Waals surface area contributed by atoms with E-state index in [9.17, 15) is 4.79 Å². The fraction of sp³-hybridized carbons (Fsp3) is 0.667. The molecule has 0 aromatic rings. The van der Waals surface area contributed by atoms with Gasteiger partial charge < -0.3 is 0 Å². The van der Waals surface area contributed by atoms with Crippen molar-refractivity contribution in [2.45, 2.75) is 46.5 Å². The van der Waals surface area contributed by atoms with Crippen molar-refractivity contribution in [3.05, 3.63) is 23.8 Å². The molecular weight excluding hydrogens is 196 g/mol. The summed E-state index contributed by atoms with van der Waals surface area (Å²) >= 11 is 0. The van der Waals surface area contributed by atoms with Crippen LogP contribution in [-0.4, -0.2) is 5.78 Å². The Morgan fingerprint density at radius 1 is 1.44 bits per heavy atom. The predicted octanol–water partition coefficient (Wildman–Crippen LogP) is 3.90. The summed E-state index contributed by atoms with van der Waals surface area (Å²) < 4.78 is 0. The van der Waals surface area contributed by atoms with Crippen molar-refractivity contribution >= 4 is 5.78 Å². The monoisotopic (exact) mass is 218 g/mol. The maximum Gasteiger partial charge on any atom is 0.159 e. The minimum absolute atomic E-state index is 0.360. The van der Waals surface area contributed by atoms with Crippen LogP contribution in [0.5, 0.6) is 0 Å².